The summed E-state index contributed by atoms with van der Waals surface area (Å²) in [6.07, 6.45) is 3.37. The van der Waals surface area contributed by atoms with Crippen LogP contribution >= 0.6 is 15.9 Å². The van der Waals surface area contributed by atoms with E-state index < -0.39 is 5.91 Å². The molecule has 0 atom stereocenters. The van der Waals surface area contributed by atoms with Gasteiger partial charge in [0.05, 0.1) is 12.8 Å². The Morgan fingerprint density at radius 1 is 1.23 bits per heavy atom. The van der Waals surface area contributed by atoms with Crippen molar-refractivity contribution in [3.8, 4) is 0 Å². The Balaban J connectivity index is 1.54. The fourth-order valence-corrected chi connectivity index (χ4v) is 2.84. The van der Waals surface area contributed by atoms with Gasteiger partial charge in [0.15, 0.2) is 0 Å². The van der Waals surface area contributed by atoms with Gasteiger partial charge in [-0.05, 0) is 37.3 Å². The number of carbonyl (C=O) groups excluding carboxylic acids is 2. The Kier molecular flexibility index (Phi) is 5.48. The van der Waals surface area contributed by atoms with Crippen molar-refractivity contribution in [3.63, 3.8) is 0 Å². The quantitative estimate of drug-likeness (QED) is 0.444. The number of aryl methyl sites for hydroxylation is 1. The highest BCUT2D eigenvalue weighted by Gasteiger charge is 2.07. The number of hydrogen-bond acceptors (Lipinski definition) is 3. The first-order valence-electron chi connectivity index (χ1n) is 7.96. The van der Waals surface area contributed by atoms with Gasteiger partial charge in [-0.3, -0.25) is 9.59 Å². The third-order valence-electron chi connectivity index (χ3n) is 3.76. The SMILES string of the molecule is Cc1cccc(C(=O)NCC(=O)N/N=C/c2c[nH]c3ccc(Br)cc23)c1. The minimum Gasteiger partial charge on any atom is -0.361 e. The van der Waals surface area contributed by atoms with Crippen molar-refractivity contribution in [1.29, 1.82) is 0 Å². The molecule has 0 saturated heterocycles. The molecule has 0 saturated carbocycles. The molecule has 2 amide bonds. The molecular weight excluding hydrogens is 396 g/mol. The van der Waals surface area contributed by atoms with Crippen molar-refractivity contribution < 1.29 is 9.59 Å². The van der Waals surface area contributed by atoms with Crippen LogP contribution in [-0.4, -0.2) is 29.6 Å². The zero-order chi connectivity index (χ0) is 18.5. The summed E-state index contributed by atoms with van der Waals surface area (Å²) in [6, 6.07) is 13.0. The van der Waals surface area contributed by atoms with E-state index in [2.05, 4.69) is 36.8 Å². The van der Waals surface area contributed by atoms with Gasteiger partial charge in [-0.25, -0.2) is 5.43 Å². The lowest BCUT2D eigenvalue weighted by atomic mass is 10.1. The zero-order valence-corrected chi connectivity index (χ0v) is 15.6. The zero-order valence-electron chi connectivity index (χ0n) is 14.0. The smallest absolute Gasteiger partial charge is 0.259 e. The lowest BCUT2D eigenvalue weighted by molar-refractivity contribution is -0.120. The van der Waals surface area contributed by atoms with Crippen LogP contribution in [0.4, 0.5) is 0 Å². The number of hydrazone groups is 1. The number of amides is 2. The van der Waals surface area contributed by atoms with Crippen LogP contribution in [0.2, 0.25) is 0 Å². The fourth-order valence-electron chi connectivity index (χ4n) is 2.48. The summed E-state index contributed by atoms with van der Waals surface area (Å²) in [7, 11) is 0. The van der Waals surface area contributed by atoms with Crippen LogP contribution in [0.15, 0.2) is 58.2 Å². The van der Waals surface area contributed by atoms with Crippen LogP contribution in [-0.2, 0) is 4.79 Å². The van der Waals surface area contributed by atoms with E-state index in [0.717, 1.165) is 26.5 Å². The van der Waals surface area contributed by atoms with Gasteiger partial charge < -0.3 is 10.3 Å². The molecule has 0 spiro atoms. The summed E-state index contributed by atoms with van der Waals surface area (Å²) >= 11 is 3.43. The minimum absolute atomic E-state index is 0.149. The van der Waals surface area contributed by atoms with Gasteiger partial charge in [-0.2, -0.15) is 5.10 Å². The summed E-state index contributed by atoms with van der Waals surface area (Å²) in [5.41, 5.74) is 5.74. The Hall–Kier alpha value is -2.93. The van der Waals surface area contributed by atoms with Gasteiger partial charge >= 0.3 is 0 Å². The molecule has 132 valence electrons. The van der Waals surface area contributed by atoms with E-state index in [4.69, 9.17) is 0 Å². The molecule has 0 aliphatic carbocycles. The summed E-state index contributed by atoms with van der Waals surface area (Å²) in [4.78, 5) is 27.0. The number of nitrogens with one attached hydrogen (secondary N) is 3. The van der Waals surface area contributed by atoms with E-state index >= 15 is 0 Å². The van der Waals surface area contributed by atoms with Crippen molar-refractivity contribution in [2.75, 3.05) is 6.54 Å². The molecule has 0 unspecified atom stereocenters. The monoisotopic (exact) mass is 412 g/mol. The lowest BCUT2D eigenvalue weighted by Gasteiger charge is -2.04. The molecule has 3 aromatic rings. The average molecular weight is 413 g/mol. The van der Waals surface area contributed by atoms with E-state index in [1.165, 1.54) is 0 Å². The van der Waals surface area contributed by atoms with E-state index in [1.807, 2.05) is 37.4 Å². The number of halogens is 1. The predicted octanol–water partition coefficient (Wildman–Crippen LogP) is 3.12. The van der Waals surface area contributed by atoms with E-state index in [-0.39, 0.29) is 12.5 Å². The van der Waals surface area contributed by atoms with E-state index in [9.17, 15) is 9.59 Å². The number of carbonyl (C=O) groups is 2. The van der Waals surface area contributed by atoms with Crippen LogP contribution in [0.5, 0.6) is 0 Å². The lowest BCUT2D eigenvalue weighted by Crippen LogP contribution is -2.34. The van der Waals surface area contributed by atoms with Crippen molar-refractivity contribution >= 4 is 44.9 Å². The molecule has 1 heterocycles. The summed E-state index contributed by atoms with van der Waals surface area (Å²) in [6.45, 7) is 1.75. The molecule has 3 rings (SSSR count). The Bertz CT molecular complexity index is 994. The van der Waals surface area contributed by atoms with Gasteiger partial charge in [0.1, 0.15) is 0 Å². The topological polar surface area (TPSA) is 86.3 Å². The van der Waals surface area contributed by atoms with E-state index in [1.54, 1.807) is 24.4 Å². The Morgan fingerprint density at radius 2 is 2.08 bits per heavy atom. The third-order valence-corrected chi connectivity index (χ3v) is 4.25. The fraction of sp³-hybridized carbons (Fsp3) is 0.105. The number of aromatic nitrogens is 1. The highest BCUT2D eigenvalue weighted by Crippen LogP contribution is 2.21. The molecule has 0 fully saturated rings. The average Bonchev–Trinajstić information content (AvgIpc) is 3.02. The second kappa shape index (κ2) is 7.97. The van der Waals surface area contributed by atoms with Gasteiger partial charge in [-0.1, -0.05) is 33.6 Å². The Labute approximate surface area is 158 Å². The van der Waals surface area contributed by atoms with Crippen LogP contribution in [0.25, 0.3) is 10.9 Å². The number of nitrogens with zero attached hydrogens (tertiary/aromatic N) is 1. The molecule has 26 heavy (non-hydrogen) atoms. The first-order chi connectivity index (χ1) is 12.5. The summed E-state index contributed by atoms with van der Waals surface area (Å²) in [5, 5.41) is 7.51. The number of aromatic amines is 1. The third kappa shape index (κ3) is 4.37. The van der Waals surface area contributed by atoms with Crippen molar-refractivity contribution in [2.24, 2.45) is 5.10 Å². The summed E-state index contributed by atoms with van der Waals surface area (Å²) < 4.78 is 0.960. The maximum absolute atomic E-state index is 12.0. The van der Waals surface area contributed by atoms with Crippen LogP contribution in [0.3, 0.4) is 0 Å². The number of hydrogen-bond donors (Lipinski definition) is 3. The standard InChI is InChI=1S/C19H17BrN4O2/c1-12-3-2-4-13(7-12)19(26)22-11-18(25)24-23-10-14-9-21-17-6-5-15(20)8-16(14)17/h2-10,21H,11H2,1H3,(H,22,26)(H,24,25)/b23-10+. The van der Waals surface area contributed by atoms with Crippen LogP contribution in [0, 0.1) is 6.92 Å². The highest BCUT2D eigenvalue weighted by atomic mass is 79.9. The molecule has 6 nitrogen and oxygen atoms in total. The molecule has 0 aliphatic rings. The number of H-pyrrole nitrogens is 1. The molecule has 2 aromatic carbocycles. The molecule has 0 bridgehead atoms. The minimum atomic E-state index is -0.400. The first-order valence-corrected chi connectivity index (χ1v) is 8.75. The molecule has 7 heteroatoms. The second-order valence-corrected chi connectivity index (χ2v) is 6.69. The largest absolute Gasteiger partial charge is 0.361 e. The van der Waals surface area contributed by atoms with Gasteiger partial charge in [0.25, 0.3) is 11.8 Å². The van der Waals surface area contributed by atoms with Gasteiger partial charge in [0.2, 0.25) is 0 Å². The van der Waals surface area contributed by atoms with E-state index in [0.29, 0.717) is 5.56 Å². The number of fused-ring (bicyclic) bond motifs is 1. The predicted molar refractivity (Wildman–Crippen MR) is 105 cm³/mol. The summed E-state index contributed by atoms with van der Waals surface area (Å²) in [5.74, 6) is -0.697. The normalized spacial score (nSPS) is 11.0. The maximum Gasteiger partial charge on any atom is 0.259 e. The van der Waals surface area contributed by atoms with Crippen molar-refractivity contribution in [2.45, 2.75) is 6.92 Å². The van der Waals surface area contributed by atoms with Gasteiger partial charge in [-0.15, -0.1) is 0 Å². The Morgan fingerprint density at radius 3 is 2.88 bits per heavy atom. The number of benzene rings is 2. The second-order valence-electron chi connectivity index (χ2n) is 5.78. The molecule has 0 aliphatic heterocycles. The van der Waals surface area contributed by atoms with Gasteiger partial charge in [0, 0.05) is 32.7 Å². The van der Waals surface area contributed by atoms with Crippen LogP contribution < -0.4 is 10.7 Å². The number of rotatable bonds is 5. The van der Waals surface area contributed by atoms with Crippen LogP contribution in [0.1, 0.15) is 21.5 Å². The molecular formula is C19H17BrN4O2. The van der Waals surface area contributed by atoms with Crippen molar-refractivity contribution in [1.82, 2.24) is 15.7 Å². The molecule has 1 aromatic heterocycles. The molecule has 3 N–H and O–H groups in total. The van der Waals surface area contributed by atoms with Crippen molar-refractivity contribution in [3.05, 3.63) is 69.8 Å². The highest BCUT2D eigenvalue weighted by molar-refractivity contribution is 9.10. The molecule has 0 radical (unpaired) electrons. The first kappa shape index (κ1) is 17.9. The maximum atomic E-state index is 12.0.